The number of carbonyl (C=O) groups is 2. The van der Waals surface area contributed by atoms with E-state index in [9.17, 15) is 9.59 Å². The van der Waals surface area contributed by atoms with Gasteiger partial charge in [0.15, 0.2) is 0 Å². The molecule has 1 heterocycles. The van der Waals surface area contributed by atoms with Gasteiger partial charge < -0.3 is 16.4 Å². The second kappa shape index (κ2) is 5.94. The third kappa shape index (κ3) is 3.52. The maximum atomic E-state index is 11.3. The molecule has 0 saturated carbocycles. The van der Waals surface area contributed by atoms with Crippen molar-refractivity contribution in [2.45, 2.75) is 19.5 Å². The normalized spacial score (nSPS) is 11.9. The Hall–Kier alpha value is -1.96. The molecule has 0 bridgehead atoms. The van der Waals surface area contributed by atoms with Crippen LogP contribution in [0.2, 0.25) is 0 Å². The molecule has 1 atom stereocenters. The number of nitrogens with two attached hydrogens (primary N) is 1. The van der Waals surface area contributed by atoms with Gasteiger partial charge in [0.2, 0.25) is 11.8 Å². The van der Waals surface area contributed by atoms with Crippen LogP contribution in [-0.4, -0.2) is 40.4 Å². The maximum absolute atomic E-state index is 11.3. The first-order valence-electron chi connectivity index (χ1n) is 5.17. The highest BCUT2D eigenvalue weighted by atomic mass is 16.2. The van der Waals surface area contributed by atoms with Crippen LogP contribution in [-0.2, 0) is 16.1 Å². The van der Waals surface area contributed by atoms with Gasteiger partial charge in [-0.3, -0.25) is 9.59 Å². The molecular weight excluding hydrogens is 224 g/mol. The molecule has 0 aliphatic heterocycles. The monoisotopic (exact) mass is 240 g/mol. The van der Waals surface area contributed by atoms with E-state index in [1.165, 1.54) is 4.68 Å². The lowest BCUT2D eigenvalue weighted by molar-refractivity contribution is -0.123. The van der Waals surface area contributed by atoms with E-state index < -0.39 is 6.04 Å². The number of nitrogens with one attached hydrogen (secondary N) is 2. The molecule has 1 rings (SSSR count). The minimum atomic E-state index is -0.438. The largest absolute Gasteiger partial charge is 0.357 e. The number of likely N-dealkylation sites (N-methyl/N-ethyl adjacent to an activating group) is 1. The van der Waals surface area contributed by atoms with Crippen molar-refractivity contribution in [3.8, 4) is 0 Å². The number of rotatable bonds is 5. The van der Waals surface area contributed by atoms with Gasteiger partial charge in [0.25, 0.3) is 0 Å². The average Bonchev–Trinajstić information content (AvgIpc) is 2.82. The van der Waals surface area contributed by atoms with Crippen molar-refractivity contribution in [3.05, 3.63) is 11.9 Å². The lowest BCUT2D eigenvalue weighted by atomic mass is 10.3. The van der Waals surface area contributed by atoms with Crippen molar-refractivity contribution >= 4 is 11.8 Å². The van der Waals surface area contributed by atoms with Gasteiger partial charge >= 0.3 is 0 Å². The number of amides is 2. The Labute approximate surface area is 98.5 Å². The fourth-order valence-corrected chi connectivity index (χ4v) is 1.17. The summed E-state index contributed by atoms with van der Waals surface area (Å²) in [4.78, 5) is 22.3. The number of hydrogen-bond acceptors (Lipinski definition) is 5. The summed E-state index contributed by atoms with van der Waals surface area (Å²) in [6.07, 6.45) is 1.61. The van der Waals surface area contributed by atoms with Crippen LogP contribution >= 0.6 is 0 Å². The van der Waals surface area contributed by atoms with Crippen LogP contribution < -0.4 is 16.4 Å². The average molecular weight is 240 g/mol. The van der Waals surface area contributed by atoms with Gasteiger partial charge in [0.1, 0.15) is 11.7 Å². The van der Waals surface area contributed by atoms with Crippen LogP contribution in [0.25, 0.3) is 0 Å². The van der Waals surface area contributed by atoms with Crippen LogP contribution in [0.15, 0.2) is 6.20 Å². The molecule has 1 aromatic rings. The maximum Gasteiger partial charge on any atom is 0.244 e. The molecule has 1 aromatic heterocycles. The molecule has 0 fully saturated rings. The van der Waals surface area contributed by atoms with Crippen molar-refractivity contribution in [2.75, 3.05) is 13.6 Å². The summed E-state index contributed by atoms with van der Waals surface area (Å²) in [5, 5.41) is 12.7. The first kappa shape index (κ1) is 13.1. The second-order valence-electron chi connectivity index (χ2n) is 3.46. The first-order chi connectivity index (χ1) is 8.08. The van der Waals surface area contributed by atoms with Gasteiger partial charge in [-0.15, -0.1) is 5.10 Å². The highest BCUT2D eigenvalue weighted by Crippen LogP contribution is 2.04. The zero-order valence-corrected chi connectivity index (χ0v) is 9.80. The molecule has 2 amide bonds. The Bertz CT molecular complexity index is 402. The lowest BCUT2D eigenvalue weighted by Crippen LogP contribution is -2.29. The summed E-state index contributed by atoms with van der Waals surface area (Å²) in [5.74, 6) is -0.425. The van der Waals surface area contributed by atoms with Crippen LogP contribution in [0.1, 0.15) is 18.7 Å². The van der Waals surface area contributed by atoms with Gasteiger partial charge in [0, 0.05) is 7.05 Å². The number of nitrogens with zero attached hydrogens (tertiary/aromatic N) is 3. The minimum Gasteiger partial charge on any atom is -0.357 e. The fraction of sp³-hybridized carbons (Fsp3) is 0.556. The highest BCUT2D eigenvalue weighted by molar-refractivity contribution is 5.79. The predicted molar refractivity (Wildman–Crippen MR) is 59.7 cm³/mol. The van der Waals surface area contributed by atoms with E-state index in [1.807, 2.05) is 0 Å². The summed E-state index contributed by atoms with van der Waals surface area (Å²) in [7, 11) is 1.55. The summed E-state index contributed by atoms with van der Waals surface area (Å²) < 4.78 is 1.43. The molecule has 1 unspecified atom stereocenters. The van der Waals surface area contributed by atoms with Crippen molar-refractivity contribution in [1.29, 1.82) is 0 Å². The van der Waals surface area contributed by atoms with Crippen LogP contribution in [0, 0.1) is 0 Å². The predicted octanol–water partition coefficient (Wildman–Crippen LogP) is -1.84. The SMILES string of the molecule is CNC(=O)C(C)n1cc(CNC(=O)CN)nn1. The summed E-state index contributed by atoms with van der Waals surface area (Å²) in [5.41, 5.74) is 5.71. The second-order valence-corrected chi connectivity index (χ2v) is 3.46. The third-order valence-electron chi connectivity index (χ3n) is 2.23. The molecule has 0 saturated heterocycles. The van der Waals surface area contributed by atoms with Gasteiger partial charge in [0.05, 0.1) is 19.3 Å². The molecule has 8 heteroatoms. The zero-order valence-electron chi connectivity index (χ0n) is 9.80. The van der Waals surface area contributed by atoms with Crippen molar-refractivity contribution in [1.82, 2.24) is 25.6 Å². The van der Waals surface area contributed by atoms with E-state index in [0.717, 1.165) is 0 Å². The molecule has 8 nitrogen and oxygen atoms in total. The summed E-state index contributed by atoms with van der Waals surface area (Å²) >= 11 is 0. The van der Waals surface area contributed by atoms with Crippen LogP contribution in [0.4, 0.5) is 0 Å². The van der Waals surface area contributed by atoms with Crippen LogP contribution in [0.5, 0.6) is 0 Å². The Balaban J connectivity index is 2.59. The number of carbonyl (C=O) groups excluding carboxylic acids is 2. The Morgan fingerprint density at radius 1 is 1.59 bits per heavy atom. The van der Waals surface area contributed by atoms with E-state index in [1.54, 1.807) is 20.2 Å². The Morgan fingerprint density at radius 2 is 2.29 bits per heavy atom. The molecule has 0 aromatic carbocycles. The van der Waals surface area contributed by atoms with E-state index in [4.69, 9.17) is 5.73 Å². The van der Waals surface area contributed by atoms with E-state index in [-0.39, 0.29) is 24.9 Å². The minimum absolute atomic E-state index is 0.0667. The molecule has 4 N–H and O–H groups in total. The summed E-state index contributed by atoms with van der Waals surface area (Å²) in [6, 6.07) is -0.438. The quantitative estimate of drug-likeness (QED) is 0.559. The molecule has 17 heavy (non-hydrogen) atoms. The Morgan fingerprint density at radius 3 is 2.88 bits per heavy atom. The molecular formula is C9H16N6O2. The van der Waals surface area contributed by atoms with Crippen LogP contribution in [0.3, 0.4) is 0 Å². The first-order valence-corrected chi connectivity index (χ1v) is 5.17. The van der Waals surface area contributed by atoms with Gasteiger partial charge in [-0.05, 0) is 6.92 Å². The van der Waals surface area contributed by atoms with Crippen molar-refractivity contribution in [3.63, 3.8) is 0 Å². The van der Waals surface area contributed by atoms with Crippen molar-refractivity contribution in [2.24, 2.45) is 5.73 Å². The lowest BCUT2D eigenvalue weighted by Gasteiger charge is -2.08. The molecule has 0 aliphatic rings. The fourth-order valence-electron chi connectivity index (χ4n) is 1.17. The summed E-state index contributed by atoms with van der Waals surface area (Å²) in [6.45, 7) is 1.88. The van der Waals surface area contributed by atoms with Gasteiger partial charge in [-0.2, -0.15) is 0 Å². The standard InChI is InChI=1S/C9H16N6O2/c1-6(9(17)11-2)15-5-7(13-14-15)4-12-8(16)3-10/h5-6H,3-4,10H2,1-2H3,(H,11,17)(H,12,16). The van der Waals surface area contributed by atoms with E-state index in [0.29, 0.717) is 5.69 Å². The number of aromatic nitrogens is 3. The highest BCUT2D eigenvalue weighted by Gasteiger charge is 2.14. The molecule has 0 radical (unpaired) electrons. The molecule has 0 spiro atoms. The topological polar surface area (TPSA) is 115 Å². The number of hydrogen-bond donors (Lipinski definition) is 3. The van der Waals surface area contributed by atoms with Gasteiger partial charge in [-0.1, -0.05) is 5.21 Å². The molecule has 0 aliphatic carbocycles. The third-order valence-corrected chi connectivity index (χ3v) is 2.23. The zero-order chi connectivity index (χ0) is 12.8. The van der Waals surface area contributed by atoms with E-state index >= 15 is 0 Å². The smallest absolute Gasteiger partial charge is 0.244 e. The van der Waals surface area contributed by atoms with E-state index in [2.05, 4.69) is 20.9 Å². The van der Waals surface area contributed by atoms with Gasteiger partial charge in [-0.25, -0.2) is 4.68 Å². The van der Waals surface area contributed by atoms with Crippen molar-refractivity contribution < 1.29 is 9.59 Å². The molecule has 94 valence electrons. The Kier molecular flexibility index (Phi) is 4.58.